The normalized spacial score (nSPS) is 12.5. The van der Waals surface area contributed by atoms with Crippen LogP contribution in [0.3, 0.4) is 0 Å². The van der Waals surface area contributed by atoms with Gasteiger partial charge in [-0.1, -0.05) is 24.3 Å². The van der Waals surface area contributed by atoms with Gasteiger partial charge in [0, 0.05) is 0 Å². The molecule has 0 radical (unpaired) electrons. The lowest BCUT2D eigenvalue weighted by atomic mass is 9.90. The number of nitrogens with one attached hydrogen (secondary N) is 1. The van der Waals surface area contributed by atoms with E-state index in [1.165, 1.54) is 22.8 Å². The van der Waals surface area contributed by atoms with E-state index in [1.807, 2.05) is 20.0 Å². The molecule has 0 fully saturated rings. The van der Waals surface area contributed by atoms with Gasteiger partial charge in [0.2, 0.25) is 0 Å². The average Bonchev–Trinajstić information content (AvgIpc) is 2.39. The standard InChI is InChI=1S/C17H20FN/c1-11-6-5-7-15(13(11)3)17(19-4)16-10-14(18)9-8-12(16)2/h5-10,17,19H,1-4H3. The number of hydrogen-bond donors (Lipinski definition) is 1. The summed E-state index contributed by atoms with van der Waals surface area (Å²) in [5, 5.41) is 3.30. The summed E-state index contributed by atoms with van der Waals surface area (Å²) in [6.45, 7) is 6.23. The lowest BCUT2D eigenvalue weighted by Crippen LogP contribution is -2.20. The highest BCUT2D eigenvalue weighted by atomic mass is 19.1. The Bertz CT molecular complexity index is 588. The van der Waals surface area contributed by atoms with Gasteiger partial charge in [-0.15, -0.1) is 0 Å². The smallest absolute Gasteiger partial charge is 0.123 e. The topological polar surface area (TPSA) is 12.0 Å². The Labute approximate surface area is 114 Å². The minimum atomic E-state index is -0.189. The van der Waals surface area contributed by atoms with Crippen LogP contribution in [0, 0.1) is 26.6 Å². The molecule has 1 nitrogen and oxygen atoms in total. The number of rotatable bonds is 3. The van der Waals surface area contributed by atoms with E-state index in [4.69, 9.17) is 0 Å². The first kappa shape index (κ1) is 13.8. The highest BCUT2D eigenvalue weighted by Crippen LogP contribution is 2.28. The third-order valence-corrected chi connectivity index (χ3v) is 3.80. The second kappa shape index (κ2) is 5.54. The van der Waals surface area contributed by atoms with Crippen molar-refractivity contribution in [3.05, 3.63) is 70.0 Å². The van der Waals surface area contributed by atoms with Crippen molar-refractivity contribution in [2.75, 3.05) is 7.05 Å². The third-order valence-electron chi connectivity index (χ3n) is 3.80. The zero-order chi connectivity index (χ0) is 14.0. The molecule has 100 valence electrons. The van der Waals surface area contributed by atoms with Crippen molar-refractivity contribution in [1.82, 2.24) is 5.32 Å². The van der Waals surface area contributed by atoms with Crippen molar-refractivity contribution >= 4 is 0 Å². The van der Waals surface area contributed by atoms with Crippen LogP contribution in [-0.4, -0.2) is 7.05 Å². The Balaban J connectivity index is 2.56. The Hall–Kier alpha value is -1.67. The Morgan fingerprint density at radius 3 is 2.37 bits per heavy atom. The number of benzene rings is 2. The first-order chi connectivity index (χ1) is 9.04. The van der Waals surface area contributed by atoms with Gasteiger partial charge < -0.3 is 5.32 Å². The summed E-state index contributed by atoms with van der Waals surface area (Å²) in [7, 11) is 1.91. The molecule has 1 N–H and O–H groups in total. The molecule has 0 bridgehead atoms. The average molecular weight is 257 g/mol. The van der Waals surface area contributed by atoms with E-state index in [0.717, 1.165) is 11.1 Å². The minimum absolute atomic E-state index is 0.0237. The maximum atomic E-state index is 13.5. The summed E-state index contributed by atoms with van der Waals surface area (Å²) in [6, 6.07) is 11.2. The highest BCUT2D eigenvalue weighted by Gasteiger charge is 2.17. The van der Waals surface area contributed by atoms with E-state index in [-0.39, 0.29) is 11.9 Å². The van der Waals surface area contributed by atoms with Crippen LogP contribution in [0.4, 0.5) is 4.39 Å². The first-order valence-electron chi connectivity index (χ1n) is 6.54. The predicted octanol–water partition coefficient (Wildman–Crippen LogP) is 4.06. The molecular weight excluding hydrogens is 237 g/mol. The van der Waals surface area contributed by atoms with Gasteiger partial charge in [-0.3, -0.25) is 0 Å². The molecule has 0 aromatic heterocycles. The van der Waals surface area contributed by atoms with Crippen LogP contribution in [-0.2, 0) is 0 Å². The van der Waals surface area contributed by atoms with Gasteiger partial charge in [-0.25, -0.2) is 4.39 Å². The van der Waals surface area contributed by atoms with Gasteiger partial charge in [0.25, 0.3) is 0 Å². The maximum absolute atomic E-state index is 13.5. The van der Waals surface area contributed by atoms with E-state index >= 15 is 0 Å². The van der Waals surface area contributed by atoms with Crippen molar-refractivity contribution in [2.45, 2.75) is 26.8 Å². The van der Waals surface area contributed by atoms with E-state index < -0.39 is 0 Å². The van der Waals surface area contributed by atoms with E-state index in [1.54, 1.807) is 6.07 Å². The van der Waals surface area contributed by atoms with Gasteiger partial charge in [-0.2, -0.15) is 0 Å². The fourth-order valence-corrected chi connectivity index (χ4v) is 2.49. The molecule has 0 saturated carbocycles. The van der Waals surface area contributed by atoms with Crippen LogP contribution in [0.5, 0.6) is 0 Å². The SMILES string of the molecule is CNC(c1cc(F)ccc1C)c1cccc(C)c1C. The Morgan fingerprint density at radius 2 is 1.68 bits per heavy atom. The van der Waals surface area contributed by atoms with Crippen LogP contribution in [0.15, 0.2) is 36.4 Å². The summed E-state index contributed by atoms with van der Waals surface area (Å²) in [6.07, 6.45) is 0. The second-order valence-electron chi connectivity index (χ2n) is 5.01. The molecule has 2 rings (SSSR count). The van der Waals surface area contributed by atoms with Crippen LogP contribution in [0.25, 0.3) is 0 Å². The predicted molar refractivity (Wildman–Crippen MR) is 78.0 cm³/mol. The molecule has 0 aliphatic heterocycles. The monoisotopic (exact) mass is 257 g/mol. The summed E-state index contributed by atoms with van der Waals surface area (Å²) in [5.74, 6) is -0.189. The van der Waals surface area contributed by atoms with Crippen LogP contribution in [0.1, 0.15) is 33.9 Å². The van der Waals surface area contributed by atoms with Gasteiger partial charge >= 0.3 is 0 Å². The van der Waals surface area contributed by atoms with Gasteiger partial charge in [0.05, 0.1) is 6.04 Å². The molecule has 19 heavy (non-hydrogen) atoms. The molecule has 0 aliphatic carbocycles. The Kier molecular flexibility index (Phi) is 4.01. The molecule has 0 aliphatic rings. The van der Waals surface area contributed by atoms with Crippen LogP contribution in [0.2, 0.25) is 0 Å². The number of halogens is 1. The van der Waals surface area contributed by atoms with Gasteiger partial charge in [-0.05, 0) is 67.8 Å². The van der Waals surface area contributed by atoms with Crippen molar-refractivity contribution < 1.29 is 4.39 Å². The lowest BCUT2D eigenvalue weighted by Gasteiger charge is -2.22. The van der Waals surface area contributed by atoms with Gasteiger partial charge in [0.15, 0.2) is 0 Å². The number of hydrogen-bond acceptors (Lipinski definition) is 1. The zero-order valence-corrected chi connectivity index (χ0v) is 11.9. The molecule has 1 atom stereocenters. The fraction of sp³-hybridized carbons (Fsp3) is 0.294. The van der Waals surface area contributed by atoms with Crippen molar-refractivity contribution in [1.29, 1.82) is 0 Å². The molecule has 1 unspecified atom stereocenters. The van der Waals surface area contributed by atoms with Crippen LogP contribution < -0.4 is 5.32 Å². The molecule has 2 aromatic carbocycles. The van der Waals surface area contributed by atoms with Crippen molar-refractivity contribution in [3.63, 3.8) is 0 Å². The molecule has 0 heterocycles. The van der Waals surface area contributed by atoms with Crippen LogP contribution >= 0.6 is 0 Å². The fourth-order valence-electron chi connectivity index (χ4n) is 2.49. The van der Waals surface area contributed by atoms with Crippen molar-refractivity contribution in [3.8, 4) is 0 Å². The largest absolute Gasteiger partial charge is 0.309 e. The zero-order valence-electron chi connectivity index (χ0n) is 11.9. The van der Waals surface area contributed by atoms with Crippen molar-refractivity contribution in [2.24, 2.45) is 0 Å². The van der Waals surface area contributed by atoms with E-state index in [2.05, 4.69) is 37.4 Å². The Morgan fingerprint density at radius 1 is 0.947 bits per heavy atom. The third kappa shape index (κ3) is 2.69. The van der Waals surface area contributed by atoms with E-state index in [0.29, 0.717) is 0 Å². The molecular formula is C17H20FN. The summed E-state index contributed by atoms with van der Waals surface area (Å²) in [4.78, 5) is 0. The molecule has 2 heteroatoms. The quantitative estimate of drug-likeness (QED) is 0.874. The maximum Gasteiger partial charge on any atom is 0.123 e. The molecule has 0 spiro atoms. The lowest BCUT2D eigenvalue weighted by molar-refractivity contribution is 0.614. The first-order valence-corrected chi connectivity index (χ1v) is 6.54. The highest BCUT2D eigenvalue weighted by molar-refractivity contribution is 5.43. The summed E-state index contributed by atoms with van der Waals surface area (Å²) in [5.41, 5.74) is 5.81. The van der Waals surface area contributed by atoms with E-state index in [9.17, 15) is 4.39 Å². The molecule has 2 aromatic rings. The summed E-state index contributed by atoms with van der Waals surface area (Å²) < 4.78 is 13.5. The van der Waals surface area contributed by atoms with Gasteiger partial charge in [0.1, 0.15) is 5.82 Å². The minimum Gasteiger partial charge on any atom is -0.309 e. The molecule has 0 saturated heterocycles. The second-order valence-corrected chi connectivity index (χ2v) is 5.01. The summed E-state index contributed by atoms with van der Waals surface area (Å²) >= 11 is 0. The number of aryl methyl sites for hydroxylation is 2. The molecule has 0 amide bonds.